The molecule has 1 aliphatic heterocycles. The number of rotatable bonds is 4. The number of hydrogen-bond donors (Lipinski definition) is 1. The van der Waals surface area contributed by atoms with Crippen molar-refractivity contribution in [2.24, 2.45) is 0 Å². The monoisotopic (exact) mass is 228 g/mol. The second kappa shape index (κ2) is 6.21. The third-order valence-electron chi connectivity index (χ3n) is 3.47. The minimum atomic E-state index is -0.451. The number of carbonyl (C=O) groups is 1. The van der Waals surface area contributed by atoms with Gasteiger partial charge in [-0.3, -0.25) is 4.79 Å². The van der Waals surface area contributed by atoms with Crippen molar-refractivity contribution in [3.63, 3.8) is 0 Å². The van der Waals surface area contributed by atoms with Crippen LogP contribution in [-0.2, 0) is 9.53 Å². The molecule has 0 aliphatic carbocycles. The molecule has 4 nitrogen and oxygen atoms in total. The third-order valence-corrected chi connectivity index (χ3v) is 3.47. The SMILES string of the molecule is CCNC1(C(=O)OC)CCCN(CC)CC1. The largest absolute Gasteiger partial charge is 0.468 e. The van der Waals surface area contributed by atoms with Crippen molar-refractivity contribution in [3.05, 3.63) is 0 Å². The molecule has 16 heavy (non-hydrogen) atoms. The van der Waals surface area contributed by atoms with Crippen molar-refractivity contribution in [2.45, 2.75) is 38.6 Å². The number of likely N-dealkylation sites (tertiary alicyclic amines) is 1. The summed E-state index contributed by atoms with van der Waals surface area (Å²) in [6.07, 6.45) is 2.78. The van der Waals surface area contributed by atoms with Gasteiger partial charge in [0, 0.05) is 6.54 Å². The molecule has 1 saturated heterocycles. The van der Waals surface area contributed by atoms with E-state index in [1.165, 1.54) is 7.11 Å². The molecule has 0 radical (unpaired) electrons. The van der Waals surface area contributed by atoms with Crippen LogP contribution in [-0.4, -0.2) is 49.7 Å². The van der Waals surface area contributed by atoms with E-state index in [9.17, 15) is 4.79 Å². The Balaban J connectivity index is 2.73. The van der Waals surface area contributed by atoms with Crippen LogP contribution in [0.5, 0.6) is 0 Å². The first-order valence-corrected chi connectivity index (χ1v) is 6.24. The van der Waals surface area contributed by atoms with Crippen LogP contribution in [0.1, 0.15) is 33.1 Å². The highest BCUT2D eigenvalue weighted by molar-refractivity contribution is 5.80. The molecule has 1 N–H and O–H groups in total. The second-order valence-electron chi connectivity index (χ2n) is 4.39. The molecule has 0 amide bonds. The van der Waals surface area contributed by atoms with E-state index in [0.29, 0.717) is 0 Å². The van der Waals surface area contributed by atoms with E-state index in [1.54, 1.807) is 0 Å². The number of nitrogens with one attached hydrogen (secondary N) is 1. The summed E-state index contributed by atoms with van der Waals surface area (Å²) in [5.74, 6) is -0.104. The molecule has 1 aliphatic rings. The molecule has 0 aromatic heterocycles. The number of nitrogens with zero attached hydrogens (tertiary/aromatic N) is 1. The van der Waals surface area contributed by atoms with Crippen LogP contribution < -0.4 is 5.32 Å². The van der Waals surface area contributed by atoms with E-state index in [4.69, 9.17) is 4.74 Å². The molecule has 4 heteroatoms. The predicted molar refractivity (Wildman–Crippen MR) is 64.4 cm³/mol. The van der Waals surface area contributed by atoms with Crippen LogP contribution in [0, 0.1) is 0 Å². The van der Waals surface area contributed by atoms with Gasteiger partial charge in [-0.25, -0.2) is 0 Å². The lowest BCUT2D eigenvalue weighted by molar-refractivity contribution is -0.149. The summed E-state index contributed by atoms with van der Waals surface area (Å²) in [5, 5.41) is 3.33. The molecule has 0 aromatic carbocycles. The molecule has 0 aromatic rings. The highest BCUT2D eigenvalue weighted by atomic mass is 16.5. The first-order chi connectivity index (χ1) is 7.68. The van der Waals surface area contributed by atoms with Crippen LogP contribution in [0.2, 0.25) is 0 Å². The summed E-state index contributed by atoms with van der Waals surface area (Å²) in [7, 11) is 1.48. The molecule has 0 spiro atoms. The number of ether oxygens (including phenoxy) is 1. The van der Waals surface area contributed by atoms with Crippen molar-refractivity contribution in [3.8, 4) is 0 Å². The maximum absolute atomic E-state index is 11.9. The van der Waals surface area contributed by atoms with Gasteiger partial charge in [0.05, 0.1) is 7.11 Å². The predicted octanol–water partition coefficient (Wildman–Crippen LogP) is 1.01. The van der Waals surface area contributed by atoms with Gasteiger partial charge in [0.1, 0.15) is 5.54 Å². The van der Waals surface area contributed by atoms with E-state index < -0.39 is 5.54 Å². The van der Waals surface area contributed by atoms with Gasteiger partial charge in [-0.1, -0.05) is 13.8 Å². The maximum atomic E-state index is 11.9. The Labute approximate surface area is 98.3 Å². The summed E-state index contributed by atoms with van der Waals surface area (Å²) in [6, 6.07) is 0. The van der Waals surface area contributed by atoms with E-state index >= 15 is 0 Å². The lowest BCUT2D eigenvalue weighted by Crippen LogP contribution is -2.53. The molecular formula is C12H24N2O2. The van der Waals surface area contributed by atoms with Crippen LogP contribution in [0.3, 0.4) is 0 Å². The number of hydrogen-bond acceptors (Lipinski definition) is 4. The smallest absolute Gasteiger partial charge is 0.326 e. The maximum Gasteiger partial charge on any atom is 0.326 e. The Bertz CT molecular complexity index is 233. The lowest BCUT2D eigenvalue weighted by atomic mass is 9.90. The topological polar surface area (TPSA) is 41.6 Å². The van der Waals surface area contributed by atoms with Crippen molar-refractivity contribution in [1.82, 2.24) is 10.2 Å². The number of esters is 1. The molecule has 1 unspecified atom stereocenters. The Morgan fingerprint density at radius 2 is 2.12 bits per heavy atom. The first-order valence-electron chi connectivity index (χ1n) is 6.24. The zero-order chi connectivity index (χ0) is 12.0. The molecular weight excluding hydrogens is 204 g/mol. The Morgan fingerprint density at radius 3 is 2.69 bits per heavy atom. The molecule has 94 valence electrons. The highest BCUT2D eigenvalue weighted by Gasteiger charge is 2.39. The fourth-order valence-corrected chi connectivity index (χ4v) is 2.49. The normalized spacial score (nSPS) is 27.4. The van der Waals surface area contributed by atoms with Crippen LogP contribution in [0.15, 0.2) is 0 Å². The zero-order valence-electron chi connectivity index (χ0n) is 10.7. The molecule has 1 fully saturated rings. The number of carbonyl (C=O) groups excluding carboxylic acids is 1. The number of likely N-dealkylation sites (N-methyl/N-ethyl adjacent to an activating group) is 1. The zero-order valence-corrected chi connectivity index (χ0v) is 10.7. The summed E-state index contributed by atoms with van der Waals surface area (Å²) >= 11 is 0. The third kappa shape index (κ3) is 2.95. The lowest BCUT2D eigenvalue weighted by Gasteiger charge is -2.30. The van der Waals surface area contributed by atoms with Crippen LogP contribution in [0.25, 0.3) is 0 Å². The van der Waals surface area contributed by atoms with Gasteiger partial charge in [0.25, 0.3) is 0 Å². The summed E-state index contributed by atoms with van der Waals surface area (Å²) in [4.78, 5) is 14.3. The van der Waals surface area contributed by atoms with Crippen molar-refractivity contribution in [1.29, 1.82) is 0 Å². The van der Waals surface area contributed by atoms with E-state index in [0.717, 1.165) is 45.4 Å². The quantitative estimate of drug-likeness (QED) is 0.729. The molecule has 0 bridgehead atoms. The Hall–Kier alpha value is -0.610. The summed E-state index contributed by atoms with van der Waals surface area (Å²) < 4.78 is 4.95. The number of methoxy groups -OCH3 is 1. The van der Waals surface area contributed by atoms with Gasteiger partial charge in [-0.2, -0.15) is 0 Å². The van der Waals surface area contributed by atoms with Gasteiger partial charge < -0.3 is 15.0 Å². The van der Waals surface area contributed by atoms with Gasteiger partial charge >= 0.3 is 5.97 Å². The average molecular weight is 228 g/mol. The average Bonchev–Trinajstić information content (AvgIpc) is 2.52. The standard InChI is InChI=1S/C12H24N2O2/c1-4-13-12(11(15)16-3)7-6-9-14(5-2)10-8-12/h13H,4-10H2,1-3H3. The van der Waals surface area contributed by atoms with Crippen LogP contribution >= 0.6 is 0 Å². The minimum Gasteiger partial charge on any atom is -0.468 e. The molecule has 1 heterocycles. The summed E-state index contributed by atoms with van der Waals surface area (Å²) in [6.45, 7) is 8.12. The molecule has 1 rings (SSSR count). The minimum absolute atomic E-state index is 0.104. The van der Waals surface area contributed by atoms with Gasteiger partial charge in [0.15, 0.2) is 0 Å². The van der Waals surface area contributed by atoms with E-state index in [-0.39, 0.29) is 5.97 Å². The fraction of sp³-hybridized carbons (Fsp3) is 0.917. The highest BCUT2D eigenvalue weighted by Crippen LogP contribution is 2.23. The van der Waals surface area contributed by atoms with Gasteiger partial charge in [0.2, 0.25) is 0 Å². The van der Waals surface area contributed by atoms with Crippen molar-refractivity contribution < 1.29 is 9.53 Å². The van der Waals surface area contributed by atoms with Crippen molar-refractivity contribution in [2.75, 3.05) is 33.3 Å². The fourth-order valence-electron chi connectivity index (χ4n) is 2.49. The first kappa shape index (κ1) is 13.5. The summed E-state index contributed by atoms with van der Waals surface area (Å²) in [5.41, 5.74) is -0.451. The Kier molecular flexibility index (Phi) is 5.22. The van der Waals surface area contributed by atoms with Gasteiger partial charge in [-0.05, 0) is 38.9 Å². The molecule has 0 saturated carbocycles. The van der Waals surface area contributed by atoms with E-state index in [1.807, 2.05) is 6.92 Å². The van der Waals surface area contributed by atoms with Gasteiger partial charge in [-0.15, -0.1) is 0 Å². The van der Waals surface area contributed by atoms with Crippen LogP contribution in [0.4, 0.5) is 0 Å². The Morgan fingerprint density at radius 1 is 1.38 bits per heavy atom. The van der Waals surface area contributed by atoms with Crippen molar-refractivity contribution >= 4 is 5.97 Å². The molecule has 1 atom stereocenters. The second-order valence-corrected chi connectivity index (χ2v) is 4.39. The van der Waals surface area contributed by atoms with E-state index in [2.05, 4.69) is 17.1 Å².